The van der Waals surface area contributed by atoms with Gasteiger partial charge in [-0.2, -0.15) is 52.7 Å². The van der Waals surface area contributed by atoms with E-state index in [2.05, 4.69) is 0 Å². The van der Waals surface area contributed by atoms with Crippen LogP contribution in [0.15, 0.2) is 371 Å². The van der Waals surface area contributed by atoms with Crippen LogP contribution in [0.25, 0.3) is 196 Å². The molecule has 6 aromatic heterocycles. The van der Waals surface area contributed by atoms with E-state index in [9.17, 15) is 81.5 Å². The Bertz CT molecular complexity index is 9520. The van der Waals surface area contributed by atoms with E-state index in [1.54, 1.807) is 84.9 Å². The molecule has 2 aliphatic heterocycles. The fraction of sp³-hybridized carbons (Fsp3) is 0.0727. The Morgan fingerprint density at radius 2 is 0.486 bits per heavy atom. The number of fused-ring (bicyclic) bond motifs is 21. The number of hydrogen-bond donors (Lipinski definition) is 0. The summed E-state index contributed by atoms with van der Waals surface area (Å²) in [6, 6.07) is 85.9. The van der Waals surface area contributed by atoms with Crippen molar-refractivity contribution >= 4 is 196 Å². The van der Waals surface area contributed by atoms with Gasteiger partial charge in [0.1, 0.15) is 82.3 Å². The number of ether oxygens (including phenoxy) is 4. The number of rotatable bonds is 0. The van der Waals surface area contributed by atoms with Crippen LogP contribution in [0, 0.1) is 0 Å². The van der Waals surface area contributed by atoms with Crippen LogP contribution in [0.2, 0.25) is 0 Å². The molecular formula is C110H60F12O16. The Balaban J connectivity index is 0.0000000987. The number of para-hydroxylation sites is 1. The Kier molecular flexibility index (Phi) is 21.5. The second-order valence-corrected chi connectivity index (χ2v) is 32.5. The maximum absolute atomic E-state index is 13.2. The summed E-state index contributed by atoms with van der Waals surface area (Å²) in [7, 11) is 0. The summed E-state index contributed by atoms with van der Waals surface area (Å²) >= 11 is 0. The molecule has 0 amide bonds. The van der Waals surface area contributed by atoms with E-state index in [-0.39, 0.29) is 82.1 Å². The lowest BCUT2D eigenvalue weighted by Crippen LogP contribution is -2.16. The highest BCUT2D eigenvalue weighted by Gasteiger charge is 2.37. The average molecular weight is 1870 g/mol. The van der Waals surface area contributed by atoms with E-state index in [1.807, 2.05) is 158 Å². The number of alkyl halides is 12. The Morgan fingerprint density at radius 3 is 0.920 bits per heavy atom. The van der Waals surface area contributed by atoms with Gasteiger partial charge in [0.25, 0.3) is 0 Å². The van der Waals surface area contributed by atoms with Crippen molar-refractivity contribution in [1.82, 2.24) is 0 Å². The van der Waals surface area contributed by atoms with E-state index in [4.69, 9.17) is 45.5 Å². The number of hydrogen-bond acceptors (Lipinski definition) is 16. The molecule has 0 saturated carbocycles. The van der Waals surface area contributed by atoms with Gasteiger partial charge in [-0.3, -0.25) is 28.8 Å². The van der Waals surface area contributed by atoms with Gasteiger partial charge in [0.2, 0.25) is 38.3 Å². The van der Waals surface area contributed by atoms with E-state index in [1.165, 1.54) is 36.4 Å². The van der Waals surface area contributed by atoms with E-state index in [0.717, 1.165) is 101 Å². The van der Waals surface area contributed by atoms with Crippen molar-refractivity contribution in [3.63, 3.8) is 0 Å². The van der Waals surface area contributed by atoms with Crippen molar-refractivity contribution in [3.05, 3.63) is 399 Å². The van der Waals surface area contributed by atoms with Crippen LogP contribution in [0.4, 0.5) is 52.7 Å². The van der Waals surface area contributed by atoms with Crippen molar-refractivity contribution in [1.29, 1.82) is 0 Å². The van der Waals surface area contributed by atoms with Gasteiger partial charge in [0.15, 0.2) is 28.4 Å². The molecule has 138 heavy (non-hydrogen) atoms. The first-order valence-electron chi connectivity index (χ1n) is 42.6. The van der Waals surface area contributed by atoms with E-state index in [0.29, 0.717) is 104 Å². The van der Waals surface area contributed by atoms with Gasteiger partial charge in [-0.25, -0.2) is 0 Å². The minimum Gasteiger partial charge on any atom is -0.486 e. The molecule has 0 atom stereocenters. The van der Waals surface area contributed by atoms with Crippen molar-refractivity contribution in [2.75, 3.05) is 26.4 Å². The molecule has 0 N–H and O–H groups in total. The van der Waals surface area contributed by atoms with Gasteiger partial charge in [0.05, 0.1) is 86.9 Å². The van der Waals surface area contributed by atoms with Crippen LogP contribution in [0.1, 0.15) is 22.3 Å². The molecular weight excluding hydrogens is 1810 g/mol. The molecule has 0 fully saturated rings. The molecule has 18 aromatic carbocycles. The summed E-state index contributed by atoms with van der Waals surface area (Å²) in [6.07, 6.45) is -18.2. The highest BCUT2D eigenvalue weighted by atomic mass is 19.4. The van der Waals surface area contributed by atoms with Crippen LogP contribution in [-0.4, -0.2) is 26.4 Å². The van der Waals surface area contributed by atoms with Crippen molar-refractivity contribution < 1.29 is 98.1 Å². The summed E-state index contributed by atoms with van der Waals surface area (Å²) < 4.78 is 213. The minimum absolute atomic E-state index is 0.0519. The zero-order valence-electron chi connectivity index (χ0n) is 70.9. The first-order chi connectivity index (χ1) is 66.4. The standard InChI is InChI=1S/2C19H12O4.4C18H9F3O2/c20-19-13-7-11-3-1-2-4-12(11)8-15(13)23-16-10-18-17(9-14(16)19)21-5-6-22-18;20-17-13-5-6-15-19(22-8-7-21-15)18(13)23-16-10-12-4-2-1-3-11(12)9-14(16)17;19-18(20,21)13-6-3-7-14-16(13)17(22)12-8-10-4-1-2-5-11(10)9-15(12)23-14;19-18(20,21)14-7-3-6-12-16(22)13-8-10-4-1-2-5-11(10)9-15(13)23-17(12)14;19-18(20,21)12-5-6-15-14(9-12)17(22)13-7-10-3-1-2-4-11(10)8-16(13)23-15;19-18(20,21)12-5-6-13-16(9-12)23-15-8-11-4-2-1-3-10(11)7-14(15)17(13)22/h1-4,7-10H,5-6H2;1-6,9-10H,7-8H2;4*1-9H. The molecule has 0 saturated heterocycles. The lowest BCUT2D eigenvalue weighted by Gasteiger charge is -2.19. The molecule has 8 heterocycles. The quantitative estimate of drug-likeness (QED) is 0.102. The van der Waals surface area contributed by atoms with Gasteiger partial charge in [-0.15, -0.1) is 0 Å². The molecule has 0 unspecified atom stereocenters. The zero-order valence-corrected chi connectivity index (χ0v) is 70.9. The largest absolute Gasteiger partial charge is 0.486 e. The van der Waals surface area contributed by atoms with Crippen molar-refractivity contribution in [2.24, 2.45) is 0 Å². The lowest BCUT2D eigenvalue weighted by molar-refractivity contribution is -0.138. The lowest BCUT2D eigenvalue weighted by atomic mass is 10.0. The third-order valence-electron chi connectivity index (χ3n) is 23.9. The van der Waals surface area contributed by atoms with Crippen LogP contribution < -0.4 is 51.5 Å². The monoisotopic (exact) mass is 1860 g/mol. The minimum atomic E-state index is -4.61. The zero-order chi connectivity index (χ0) is 95.5. The van der Waals surface area contributed by atoms with Crippen LogP contribution >= 0.6 is 0 Å². The van der Waals surface area contributed by atoms with Gasteiger partial charge < -0.3 is 45.5 Å². The Hall–Kier alpha value is -17.3. The highest BCUT2D eigenvalue weighted by Crippen LogP contribution is 2.43. The third-order valence-corrected chi connectivity index (χ3v) is 23.9. The molecule has 24 aromatic rings. The molecule has 0 spiro atoms. The number of halogens is 12. The van der Waals surface area contributed by atoms with Crippen LogP contribution in [-0.2, 0) is 24.7 Å². The molecule has 0 bridgehead atoms. The third kappa shape index (κ3) is 16.3. The summed E-state index contributed by atoms with van der Waals surface area (Å²) in [5.41, 5.74) is -2.87. The van der Waals surface area contributed by atoms with Gasteiger partial charge in [0, 0.05) is 6.07 Å². The van der Waals surface area contributed by atoms with Gasteiger partial charge in [-0.1, -0.05) is 158 Å². The highest BCUT2D eigenvalue weighted by molar-refractivity contribution is 6.07. The van der Waals surface area contributed by atoms with Crippen LogP contribution in [0.5, 0.6) is 23.0 Å². The average Bonchev–Trinajstić information content (AvgIpc) is 0.748. The van der Waals surface area contributed by atoms with Crippen molar-refractivity contribution in [2.45, 2.75) is 24.7 Å². The molecule has 0 radical (unpaired) electrons. The maximum atomic E-state index is 13.2. The smallest absolute Gasteiger partial charge is 0.420 e. The second-order valence-electron chi connectivity index (χ2n) is 32.5. The fourth-order valence-corrected chi connectivity index (χ4v) is 17.2. The first kappa shape index (κ1) is 87.4. The molecule has 0 aliphatic carbocycles. The molecule has 28 heteroatoms. The van der Waals surface area contributed by atoms with E-state index >= 15 is 0 Å². The van der Waals surface area contributed by atoms with Crippen LogP contribution in [0.3, 0.4) is 0 Å². The summed E-state index contributed by atoms with van der Waals surface area (Å²) in [4.78, 5) is 76.1. The second kappa shape index (κ2) is 34.0. The number of benzene rings is 18. The fourth-order valence-electron chi connectivity index (χ4n) is 17.2. The molecule has 680 valence electrons. The Labute approximate surface area is 763 Å². The topological polar surface area (TPSA) is 218 Å². The predicted molar refractivity (Wildman–Crippen MR) is 507 cm³/mol. The summed E-state index contributed by atoms with van der Waals surface area (Å²) in [5, 5.41) is 13.6. The normalized spacial score (nSPS) is 12.8. The predicted octanol–water partition coefficient (Wildman–Crippen LogP) is 28.2. The first-order valence-corrected chi connectivity index (χ1v) is 42.6. The van der Waals surface area contributed by atoms with Gasteiger partial charge in [-0.05, 0) is 216 Å². The van der Waals surface area contributed by atoms with E-state index < -0.39 is 74.2 Å². The summed E-state index contributed by atoms with van der Waals surface area (Å²) in [5.74, 6) is 2.34. The van der Waals surface area contributed by atoms with Crippen molar-refractivity contribution in [3.8, 4) is 23.0 Å². The Morgan fingerprint density at radius 1 is 0.188 bits per heavy atom. The molecule has 16 nitrogen and oxygen atoms in total. The SMILES string of the molecule is O=c1c2cc(C(F)(F)F)ccc2oc2cc3ccccc3cc12.O=c1c2cc3c(cc2oc2cc4ccccc4cc12)OCCO3.O=c1c2cc3ccccc3cc2oc2c(C(F)(F)F)cccc12.O=c1c2cc3ccccc3cc2oc2c3c(ccc12)OCCO3.O=c1c2cc3ccccc3cc2oc2cccc(C(F)(F)F)c12.O=c1c2ccc(C(F)(F)F)cc2oc2cc3ccccc3cc12. The molecule has 26 rings (SSSR count). The molecule has 2 aliphatic rings. The maximum Gasteiger partial charge on any atom is 0.420 e. The van der Waals surface area contributed by atoms with Gasteiger partial charge >= 0.3 is 24.7 Å². The summed E-state index contributed by atoms with van der Waals surface area (Å²) in [6.45, 7) is 1.94.